The summed E-state index contributed by atoms with van der Waals surface area (Å²) in [7, 11) is 1.59. The lowest BCUT2D eigenvalue weighted by molar-refractivity contribution is 0.211. The highest BCUT2D eigenvalue weighted by Gasteiger charge is 2.16. The third kappa shape index (κ3) is 4.15. The van der Waals surface area contributed by atoms with Gasteiger partial charge in [-0.15, -0.1) is 0 Å². The summed E-state index contributed by atoms with van der Waals surface area (Å²) in [5.74, 6) is 0. The third-order valence-corrected chi connectivity index (χ3v) is 2.01. The highest BCUT2D eigenvalue weighted by atomic mass is 16.6. The quantitative estimate of drug-likeness (QED) is 0.547. The summed E-state index contributed by atoms with van der Waals surface area (Å²) in [5, 5.41) is 4.10. The smallest absolute Gasteiger partial charge is 0.106 e. The molecule has 0 fully saturated rings. The second kappa shape index (κ2) is 4.96. The molecule has 0 unspecified atom stereocenters. The summed E-state index contributed by atoms with van der Waals surface area (Å²) < 4.78 is 0. The molecule has 0 N–H and O–H groups in total. The zero-order chi connectivity index (χ0) is 11.3. The van der Waals surface area contributed by atoms with Gasteiger partial charge in [-0.1, -0.05) is 56.3 Å². The van der Waals surface area contributed by atoms with Crippen molar-refractivity contribution < 1.29 is 4.84 Å². The lowest BCUT2D eigenvalue weighted by Gasteiger charge is -2.19. The minimum atomic E-state index is 0.215. The summed E-state index contributed by atoms with van der Waals surface area (Å²) in [5.41, 5.74) is 2.35. The Balaban J connectivity index is 2.90. The Morgan fingerprint density at radius 3 is 2.27 bits per heavy atom. The van der Waals surface area contributed by atoms with Crippen LogP contribution < -0.4 is 0 Å². The van der Waals surface area contributed by atoms with Crippen LogP contribution in [0.3, 0.4) is 0 Å². The molecule has 0 aromatic heterocycles. The highest BCUT2D eigenvalue weighted by Crippen LogP contribution is 2.22. The number of oxime groups is 1. The van der Waals surface area contributed by atoms with E-state index in [1.165, 1.54) is 0 Å². The largest absolute Gasteiger partial charge is 0.399 e. The third-order valence-electron chi connectivity index (χ3n) is 2.01. The number of rotatable bonds is 3. The van der Waals surface area contributed by atoms with Crippen LogP contribution in [0.5, 0.6) is 0 Å². The molecular formula is C13H19NO. The molecule has 0 aliphatic rings. The van der Waals surface area contributed by atoms with Crippen molar-refractivity contribution in [1.82, 2.24) is 0 Å². The first kappa shape index (κ1) is 11.8. The highest BCUT2D eigenvalue weighted by molar-refractivity contribution is 6.00. The number of hydrogen-bond donors (Lipinski definition) is 0. The van der Waals surface area contributed by atoms with Gasteiger partial charge in [-0.3, -0.25) is 0 Å². The Kier molecular flexibility index (Phi) is 3.89. The van der Waals surface area contributed by atoms with Gasteiger partial charge in [-0.25, -0.2) is 0 Å². The average Bonchev–Trinajstić information content (AvgIpc) is 2.17. The number of nitrogens with zero attached hydrogens (tertiary/aromatic N) is 1. The van der Waals surface area contributed by atoms with Crippen LogP contribution in [0, 0.1) is 5.41 Å². The van der Waals surface area contributed by atoms with Crippen molar-refractivity contribution in [3.63, 3.8) is 0 Å². The van der Waals surface area contributed by atoms with Crippen molar-refractivity contribution in [1.29, 1.82) is 0 Å². The van der Waals surface area contributed by atoms with E-state index in [2.05, 4.69) is 38.1 Å². The molecule has 82 valence electrons. The number of hydrogen-bond acceptors (Lipinski definition) is 2. The summed E-state index contributed by atoms with van der Waals surface area (Å²) in [4.78, 5) is 4.89. The Bertz CT molecular complexity index is 322. The summed E-state index contributed by atoms with van der Waals surface area (Å²) in [6.45, 7) is 6.59. The molecule has 0 heterocycles. The first-order chi connectivity index (χ1) is 7.03. The molecule has 1 rings (SSSR count). The SMILES string of the molecule is CO/N=C(\CC(C)(C)C)c1ccccc1. The Morgan fingerprint density at radius 2 is 1.80 bits per heavy atom. The van der Waals surface area contributed by atoms with E-state index in [4.69, 9.17) is 4.84 Å². The van der Waals surface area contributed by atoms with E-state index in [1.54, 1.807) is 7.11 Å². The normalized spacial score (nSPS) is 12.7. The molecule has 0 aliphatic carbocycles. The first-order valence-electron chi connectivity index (χ1n) is 5.18. The van der Waals surface area contributed by atoms with E-state index in [1.807, 2.05) is 18.2 Å². The van der Waals surface area contributed by atoms with Crippen molar-refractivity contribution >= 4 is 5.71 Å². The van der Waals surface area contributed by atoms with Crippen LogP contribution in [0.15, 0.2) is 35.5 Å². The fourth-order valence-electron chi connectivity index (χ4n) is 1.43. The second-order valence-electron chi connectivity index (χ2n) is 4.82. The minimum absolute atomic E-state index is 0.215. The molecule has 2 nitrogen and oxygen atoms in total. The van der Waals surface area contributed by atoms with Gasteiger partial charge in [-0.2, -0.15) is 0 Å². The molecule has 0 saturated carbocycles. The minimum Gasteiger partial charge on any atom is -0.399 e. The lowest BCUT2D eigenvalue weighted by Crippen LogP contribution is -2.14. The van der Waals surface area contributed by atoms with E-state index in [-0.39, 0.29) is 5.41 Å². The van der Waals surface area contributed by atoms with Crippen LogP contribution in [-0.4, -0.2) is 12.8 Å². The Morgan fingerprint density at radius 1 is 1.20 bits per heavy atom. The van der Waals surface area contributed by atoms with Crippen molar-refractivity contribution in [3.8, 4) is 0 Å². The molecular weight excluding hydrogens is 186 g/mol. The van der Waals surface area contributed by atoms with E-state index in [9.17, 15) is 0 Å². The standard InChI is InChI=1S/C13H19NO/c1-13(2,3)10-12(14-15-4)11-8-6-5-7-9-11/h5-9H,10H2,1-4H3/b14-12+. The fraction of sp³-hybridized carbons (Fsp3) is 0.462. The van der Waals surface area contributed by atoms with Crippen LogP contribution in [0.25, 0.3) is 0 Å². The Labute approximate surface area is 91.9 Å². The zero-order valence-corrected chi connectivity index (χ0v) is 9.95. The van der Waals surface area contributed by atoms with E-state index in [0.717, 1.165) is 17.7 Å². The molecule has 1 aromatic rings. The summed E-state index contributed by atoms with van der Waals surface area (Å²) in [6, 6.07) is 10.2. The molecule has 0 amide bonds. The second-order valence-corrected chi connectivity index (χ2v) is 4.82. The van der Waals surface area contributed by atoms with Crippen molar-refractivity contribution in [2.24, 2.45) is 10.6 Å². The molecule has 15 heavy (non-hydrogen) atoms. The number of benzene rings is 1. The molecule has 0 bridgehead atoms. The van der Waals surface area contributed by atoms with Gasteiger partial charge in [0.1, 0.15) is 7.11 Å². The average molecular weight is 205 g/mol. The van der Waals surface area contributed by atoms with Crippen molar-refractivity contribution in [3.05, 3.63) is 35.9 Å². The van der Waals surface area contributed by atoms with Gasteiger partial charge < -0.3 is 4.84 Å². The molecule has 0 spiro atoms. The predicted molar refractivity (Wildman–Crippen MR) is 64.1 cm³/mol. The van der Waals surface area contributed by atoms with Crippen LogP contribution in [0.2, 0.25) is 0 Å². The van der Waals surface area contributed by atoms with Gasteiger partial charge in [0, 0.05) is 0 Å². The first-order valence-corrected chi connectivity index (χ1v) is 5.18. The summed E-state index contributed by atoms with van der Waals surface area (Å²) >= 11 is 0. The van der Waals surface area contributed by atoms with Crippen molar-refractivity contribution in [2.45, 2.75) is 27.2 Å². The van der Waals surface area contributed by atoms with E-state index < -0.39 is 0 Å². The molecule has 0 saturated heterocycles. The van der Waals surface area contributed by atoms with Crippen LogP contribution >= 0.6 is 0 Å². The Hall–Kier alpha value is -1.31. The monoisotopic (exact) mass is 205 g/mol. The van der Waals surface area contributed by atoms with Gasteiger partial charge in [0.15, 0.2) is 0 Å². The van der Waals surface area contributed by atoms with Gasteiger partial charge >= 0.3 is 0 Å². The molecule has 0 aliphatic heterocycles. The van der Waals surface area contributed by atoms with Gasteiger partial charge in [0.25, 0.3) is 0 Å². The van der Waals surface area contributed by atoms with Gasteiger partial charge in [0.2, 0.25) is 0 Å². The molecule has 0 atom stereocenters. The topological polar surface area (TPSA) is 21.6 Å². The van der Waals surface area contributed by atoms with Crippen molar-refractivity contribution in [2.75, 3.05) is 7.11 Å². The maximum atomic E-state index is 4.89. The van der Waals surface area contributed by atoms with Gasteiger partial charge in [0.05, 0.1) is 5.71 Å². The van der Waals surface area contributed by atoms with E-state index >= 15 is 0 Å². The zero-order valence-electron chi connectivity index (χ0n) is 9.95. The van der Waals surface area contributed by atoms with Crippen LogP contribution in [0.4, 0.5) is 0 Å². The fourth-order valence-corrected chi connectivity index (χ4v) is 1.43. The van der Waals surface area contributed by atoms with Crippen LogP contribution in [0.1, 0.15) is 32.8 Å². The maximum absolute atomic E-state index is 4.89. The molecule has 1 aromatic carbocycles. The molecule has 2 heteroatoms. The van der Waals surface area contributed by atoms with Gasteiger partial charge in [-0.05, 0) is 17.4 Å². The van der Waals surface area contributed by atoms with E-state index in [0.29, 0.717) is 0 Å². The predicted octanol–water partition coefficient (Wildman–Crippen LogP) is 3.47. The maximum Gasteiger partial charge on any atom is 0.106 e. The molecule has 0 radical (unpaired) electrons. The summed E-state index contributed by atoms with van der Waals surface area (Å²) in [6.07, 6.45) is 0.908. The van der Waals surface area contributed by atoms with Crippen LogP contribution in [-0.2, 0) is 4.84 Å². The lowest BCUT2D eigenvalue weighted by atomic mass is 9.87.